The van der Waals surface area contributed by atoms with Gasteiger partial charge in [0.15, 0.2) is 9.84 Å². The average Bonchev–Trinajstić information content (AvgIpc) is 3.12. The standard InChI is InChI=1S/C12H24N2O2S2/c1-10(11-3-4-11)13-5-6-14-7-8-17-9-12(14)18(2,15)16/h10-13H,3-9H2,1-2H3. The first-order chi connectivity index (χ1) is 8.48. The van der Waals surface area contributed by atoms with E-state index in [0.29, 0.717) is 6.04 Å². The first-order valence-electron chi connectivity index (χ1n) is 6.72. The normalized spacial score (nSPS) is 28.2. The van der Waals surface area contributed by atoms with Gasteiger partial charge >= 0.3 is 0 Å². The van der Waals surface area contributed by atoms with Crippen LogP contribution in [-0.2, 0) is 9.84 Å². The minimum absolute atomic E-state index is 0.283. The monoisotopic (exact) mass is 292 g/mol. The molecule has 0 aromatic rings. The predicted molar refractivity (Wildman–Crippen MR) is 77.7 cm³/mol. The average molecular weight is 292 g/mol. The fourth-order valence-electron chi connectivity index (χ4n) is 2.46. The van der Waals surface area contributed by atoms with Gasteiger partial charge in [-0.15, -0.1) is 0 Å². The lowest BCUT2D eigenvalue weighted by molar-refractivity contribution is 0.264. The van der Waals surface area contributed by atoms with Crippen LogP contribution in [0, 0.1) is 5.92 Å². The van der Waals surface area contributed by atoms with Gasteiger partial charge in [-0.05, 0) is 25.7 Å². The van der Waals surface area contributed by atoms with Gasteiger partial charge in [-0.2, -0.15) is 11.8 Å². The molecule has 2 fully saturated rings. The van der Waals surface area contributed by atoms with Gasteiger partial charge in [-0.1, -0.05) is 0 Å². The minimum Gasteiger partial charge on any atom is -0.313 e. The summed E-state index contributed by atoms with van der Waals surface area (Å²) in [4.78, 5) is 2.12. The van der Waals surface area contributed by atoms with Crippen molar-refractivity contribution < 1.29 is 8.42 Å². The molecule has 0 radical (unpaired) electrons. The molecule has 0 amide bonds. The minimum atomic E-state index is -2.95. The highest BCUT2D eigenvalue weighted by Gasteiger charge is 2.31. The van der Waals surface area contributed by atoms with Gasteiger partial charge in [-0.3, -0.25) is 4.90 Å². The van der Waals surface area contributed by atoms with E-state index in [0.717, 1.165) is 37.1 Å². The van der Waals surface area contributed by atoms with Crippen molar-refractivity contribution >= 4 is 21.6 Å². The van der Waals surface area contributed by atoms with E-state index in [-0.39, 0.29) is 5.37 Å². The zero-order chi connectivity index (χ0) is 13.2. The lowest BCUT2D eigenvalue weighted by atomic mass is 10.2. The van der Waals surface area contributed by atoms with E-state index in [9.17, 15) is 8.42 Å². The van der Waals surface area contributed by atoms with Gasteiger partial charge in [0.2, 0.25) is 0 Å². The Kier molecular flexibility index (Phi) is 4.97. The Bertz CT molecular complexity index is 368. The maximum Gasteiger partial charge on any atom is 0.164 e. The molecule has 1 saturated heterocycles. The van der Waals surface area contributed by atoms with E-state index in [1.807, 2.05) is 0 Å². The largest absolute Gasteiger partial charge is 0.313 e. The highest BCUT2D eigenvalue weighted by Crippen LogP contribution is 2.32. The van der Waals surface area contributed by atoms with Crippen LogP contribution < -0.4 is 5.32 Å². The third-order valence-electron chi connectivity index (χ3n) is 3.88. The van der Waals surface area contributed by atoms with Crippen molar-refractivity contribution in [2.24, 2.45) is 5.92 Å². The Morgan fingerprint density at radius 2 is 2.17 bits per heavy atom. The van der Waals surface area contributed by atoms with Crippen molar-refractivity contribution in [3.8, 4) is 0 Å². The molecular formula is C12H24N2O2S2. The third kappa shape index (κ3) is 4.11. The second kappa shape index (κ2) is 6.11. The van der Waals surface area contributed by atoms with E-state index < -0.39 is 9.84 Å². The summed E-state index contributed by atoms with van der Waals surface area (Å²) in [5.74, 6) is 2.62. The molecule has 1 aliphatic heterocycles. The van der Waals surface area contributed by atoms with Crippen molar-refractivity contribution in [3.63, 3.8) is 0 Å². The molecule has 0 aromatic heterocycles. The third-order valence-corrected chi connectivity index (χ3v) is 6.57. The molecule has 2 aliphatic rings. The first-order valence-corrected chi connectivity index (χ1v) is 9.83. The first kappa shape index (κ1) is 14.6. The van der Waals surface area contributed by atoms with Crippen molar-refractivity contribution in [3.05, 3.63) is 0 Å². The number of nitrogens with one attached hydrogen (secondary N) is 1. The molecule has 18 heavy (non-hydrogen) atoms. The molecule has 1 saturated carbocycles. The molecule has 2 rings (SSSR count). The fraction of sp³-hybridized carbons (Fsp3) is 1.00. The molecule has 4 nitrogen and oxygen atoms in total. The van der Waals surface area contributed by atoms with Crippen molar-refractivity contribution in [2.45, 2.75) is 31.2 Å². The van der Waals surface area contributed by atoms with Gasteiger partial charge in [0.25, 0.3) is 0 Å². The molecule has 2 unspecified atom stereocenters. The fourth-order valence-corrected chi connectivity index (χ4v) is 5.44. The Labute approximate surface area is 115 Å². The summed E-state index contributed by atoms with van der Waals surface area (Å²) in [5.41, 5.74) is 0. The maximum absolute atomic E-state index is 11.7. The van der Waals surface area contributed by atoms with Crippen molar-refractivity contribution in [1.82, 2.24) is 10.2 Å². The summed E-state index contributed by atoms with van der Waals surface area (Å²) in [6.07, 6.45) is 4.05. The number of hydrogen-bond acceptors (Lipinski definition) is 5. The molecule has 0 bridgehead atoms. The van der Waals surface area contributed by atoms with E-state index >= 15 is 0 Å². The molecule has 1 N–H and O–H groups in total. The molecule has 0 spiro atoms. The van der Waals surface area contributed by atoms with Gasteiger partial charge in [0.1, 0.15) is 5.37 Å². The summed E-state index contributed by atoms with van der Waals surface area (Å²) >= 11 is 1.75. The summed E-state index contributed by atoms with van der Waals surface area (Å²) < 4.78 is 23.5. The second-order valence-electron chi connectivity index (χ2n) is 5.48. The Balaban J connectivity index is 1.78. The van der Waals surface area contributed by atoms with Gasteiger partial charge in [-0.25, -0.2) is 8.42 Å². The SMILES string of the molecule is CC(NCCN1CCSCC1S(C)(=O)=O)C1CC1. The lowest BCUT2D eigenvalue weighted by Gasteiger charge is -2.34. The van der Waals surface area contributed by atoms with E-state index in [1.165, 1.54) is 19.1 Å². The van der Waals surface area contributed by atoms with Gasteiger partial charge in [0.05, 0.1) is 0 Å². The topological polar surface area (TPSA) is 49.4 Å². The number of sulfone groups is 1. The molecule has 2 atom stereocenters. The van der Waals surface area contributed by atoms with Crippen LogP contribution in [0.1, 0.15) is 19.8 Å². The van der Waals surface area contributed by atoms with Crippen LogP contribution in [0.2, 0.25) is 0 Å². The molecule has 106 valence electrons. The van der Waals surface area contributed by atoms with E-state index in [2.05, 4.69) is 17.1 Å². The van der Waals surface area contributed by atoms with Crippen LogP contribution in [0.5, 0.6) is 0 Å². The van der Waals surface area contributed by atoms with Crippen LogP contribution in [0.3, 0.4) is 0 Å². The number of thioether (sulfide) groups is 1. The summed E-state index contributed by atoms with van der Waals surface area (Å²) in [5, 5.41) is 3.24. The number of hydrogen-bond donors (Lipinski definition) is 1. The van der Waals surface area contributed by atoms with E-state index in [1.54, 1.807) is 11.8 Å². The molecule has 6 heteroatoms. The van der Waals surface area contributed by atoms with Crippen LogP contribution in [-0.4, -0.2) is 62.1 Å². The zero-order valence-electron chi connectivity index (χ0n) is 11.3. The van der Waals surface area contributed by atoms with Crippen molar-refractivity contribution in [2.75, 3.05) is 37.4 Å². The van der Waals surface area contributed by atoms with E-state index in [4.69, 9.17) is 0 Å². The number of nitrogens with zero attached hydrogens (tertiary/aromatic N) is 1. The Morgan fingerprint density at radius 3 is 2.78 bits per heavy atom. The molecule has 1 heterocycles. The molecule has 0 aromatic carbocycles. The van der Waals surface area contributed by atoms with Crippen molar-refractivity contribution in [1.29, 1.82) is 0 Å². The quantitative estimate of drug-likeness (QED) is 0.784. The molecule has 1 aliphatic carbocycles. The number of rotatable bonds is 6. The highest BCUT2D eigenvalue weighted by atomic mass is 32.2. The van der Waals surface area contributed by atoms with Gasteiger partial charge in [0, 0.05) is 43.4 Å². The molecular weight excluding hydrogens is 268 g/mol. The zero-order valence-corrected chi connectivity index (χ0v) is 12.9. The second-order valence-corrected chi connectivity index (χ2v) is 8.83. The Hall–Kier alpha value is 0.220. The lowest BCUT2D eigenvalue weighted by Crippen LogP contribution is -2.49. The summed E-state index contributed by atoms with van der Waals surface area (Å²) in [6.45, 7) is 4.86. The Morgan fingerprint density at radius 1 is 1.44 bits per heavy atom. The smallest absolute Gasteiger partial charge is 0.164 e. The van der Waals surface area contributed by atoms with Crippen LogP contribution in [0.15, 0.2) is 0 Å². The van der Waals surface area contributed by atoms with Crippen LogP contribution in [0.25, 0.3) is 0 Å². The van der Waals surface area contributed by atoms with Gasteiger partial charge < -0.3 is 5.32 Å². The predicted octanol–water partition coefficient (Wildman–Crippen LogP) is 0.794. The highest BCUT2D eigenvalue weighted by molar-refractivity contribution is 8.00. The summed E-state index contributed by atoms with van der Waals surface area (Å²) in [7, 11) is -2.95. The maximum atomic E-state index is 11.7. The summed E-state index contributed by atoms with van der Waals surface area (Å²) in [6, 6.07) is 0.584. The van der Waals surface area contributed by atoms with Crippen LogP contribution >= 0.6 is 11.8 Å². The van der Waals surface area contributed by atoms with Crippen LogP contribution in [0.4, 0.5) is 0 Å².